The number of alkyl halides is 3. The number of anilines is 2. The molecule has 0 saturated heterocycles. The second-order valence-electron chi connectivity index (χ2n) is 5.28. The van der Waals surface area contributed by atoms with Crippen LogP contribution in [0.1, 0.15) is 16.1 Å². The number of nitrogens with zero attached hydrogens (tertiary/aromatic N) is 2. The highest BCUT2D eigenvalue weighted by Gasteiger charge is 2.31. The number of methoxy groups -OCH3 is 1. The van der Waals surface area contributed by atoms with Crippen molar-refractivity contribution in [3.05, 3.63) is 53.7 Å². The van der Waals surface area contributed by atoms with E-state index in [2.05, 4.69) is 15.3 Å². The van der Waals surface area contributed by atoms with Crippen molar-refractivity contribution in [2.75, 3.05) is 12.4 Å². The predicted octanol–water partition coefficient (Wildman–Crippen LogP) is 4.10. The summed E-state index contributed by atoms with van der Waals surface area (Å²) in [4.78, 5) is 19.4. The minimum Gasteiger partial charge on any atom is -0.497 e. The lowest BCUT2D eigenvalue weighted by Crippen LogP contribution is -2.10. The van der Waals surface area contributed by atoms with Crippen molar-refractivity contribution in [1.29, 1.82) is 0 Å². The minimum absolute atomic E-state index is 0.0516. The first-order chi connectivity index (χ1) is 12.3. The molecule has 0 radical (unpaired) electrons. The summed E-state index contributed by atoms with van der Waals surface area (Å²) in [5.41, 5.74) is -0.823. The Kier molecular flexibility index (Phi) is 4.37. The lowest BCUT2D eigenvalue weighted by atomic mass is 10.2. The summed E-state index contributed by atoms with van der Waals surface area (Å²) in [7, 11) is 1.50. The topological polar surface area (TPSA) is 84.3 Å². The summed E-state index contributed by atoms with van der Waals surface area (Å²) in [5, 5.41) is 12.1. The number of nitrogens with one attached hydrogen (secondary N) is 1. The van der Waals surface area contributed by atoms with Crippen LogP contribution in [0.15, 0.2) is 42.5 Å². The van der Waals surface area contributed by atoms with Gasteiger partial charge >= 0.3 is 12.1 Å². The van der Waals surface area contributed by atoms with Crippen LogP contribution in [0.4, 0.5) is 24.7 Å². The van der Waals surface area contributed by atoms with E-state index in [4.69, 9.17) is 4.74 Å². The Balaban J connectivity index is 2.08. The van der Waals surface area contributed by atoms with Crippen LogP contribution in [0.5, 0.6) is 5.75 Å². The van der Waals surface area contributed by atoms with E-state index in [1.165, 1.54) is 7.11 Å². The van der Waals surface area contributed by atoms with Gasteiger partial charge in [-0.15, -0.1) is 0 Å². The molecule has 0 aliphatic rings. The zero-order chi connectivity index (χ0) is 18.9. The molecular weight excluding hydrogens is 351 g/mol. The molecule has 0 aliphatic heterocycles. The number of rotatable bonds is 4. The Labute approximate surface area is 145 Å². The molecule has 0 saturated carbocycles. The molecule has 0 bridgehead atoms. The van der Waals surface area contributed by atoms with E-state index >= 15 is 0 Å². The minimum atomic E-state index is -4.54. The van der Waals surface area contributed by atoms with E-state index in [1.54, 1.807) is 24.3 Å². The monoisotopic (exact) mass is 363 g/mol. The van der Waals surface area contributed by atoms with Gasteiger partial charge in [0.2, 0.25) is 0 Å². The van der Waals surface area contributed by atoms with Crippen molar-refractivity contribution in [1.82, 2.24) is 9.97 Å². The van der Waals surface area contributed by atoms with Gasteiger partial charge < -0.3 is 15.2 Å². The summed E-state index contributed by atoms with van der Waals surface area (Å²) in [6.07, 6.45) is -4.54. The fraction of sp³-hybridized carbons (Fsp3) is 0.118. The summed E-state index contributed by atoms with van der Waals surface area (Å²) < 4.78 is 43.6. The molecule has 0 amide bonds. The number of aromatic nitrogens is 2. The van der Waals surface area contributed by atoms with E-state index in [1.807, 2.05) is 0 Å². The number of fused-ring (bicyclic) bond motifs is 1. The largest absolute Gasteiger partial charge is 0.497 e. The highest BCUT2D eigenvalue weighted by molar-refractivity contribution is 5.94. The van der Waals surface area contributed by atoms with Gasteiger partial charge in [0, 0.05) is 5.69 Å². The lowest BCUT2D eigenvalue weighted by molar-refractivity contribution is -0.137. The quantitative estimate of drug-likeness (QED) is 0.726. The molecule has 9 heteroatoms. The maximum absolute atomic E-state index is 12.9. The first-order valence-electron chi connectivity index (χ1n) is 7.31. The summed E-state index contributed by atoms with van der Waals surface area (Å²) in [6.45, 7) is 0. The van der Waals surface area contributed by atoms with Crippen LogP contribution in [-0.4, -0.2) is 28.2 Å². The van der Waals surface area contributed by atoms with E-state index in [-0.39, 0.29) is 16.9 Å². The molecule has 0 unspecified atom stereocenters. The van der Waals surface area contributed by atoms with Gasteiger partial charge in [0.15, 0.2) is 11.5 Å². The fourth-order valence-electron chi connectivity index (χ4n) is 2.28. The number of carboxylic acids is 1. The molecule has 6 nitrogen and oxygen atoms in total. The zero-order valence-corrected chi connectivity index (χ0v) is 13.3. The van der Waals surface area contributed by atoms with Gasteiger partial charge in [0.25, 0.3) is 0 Å². The van der Waals surface area contributed by atoms with Gasteiger partial charge in [0.05, 0.1) is 23.7 Å². The third-order valence-electron chi connectivity index (χ3n) is 3.55. The van der Waals surface area contributed by atoms with Gasteiger partial charge in [-0.05, 0) is 42.5 Å². The summed E-state index contributed by atoms with van der Waals surface area (Å²) in [6, 6.07) is 9.25. The smallest absolute Gasteiger partial charge is 0.416 e. The van der Waals surface area contributed by atoms with Crippen molar-refractivity contribution in [3.63, 3.8) is 0 Å². The van der Waals surface area contributed by atoms with E-state index < -0.39 is 23.4 Å². The third-order valence-corrected chi connectivity index (χ3v) is 3.55. The Bertz CT molecular complexity index is 973. The van der Waals surface area contributed by atoms with Crippen LogP contribution in [0.2, 0.25) is 0 Å². The van der Waals surface area contributed by atoms with Crippen molar-refractivity contribution in [2.24, 2.45) is 0 Å². The molecule has 0 spiro atoms. The average Bonchev–Trinajstić information content (AvgIpc) is 2.60. The molecule has 1 aromatic heterocycles. The normalized spacial score (nSPS) is 11.4. The summed E-state index contributed by atoms with van der Waals surface area (Å²) >= 11 is 0. The standard InChI is InChI=1S/C17H12F3N3O3/c1-26-11-5-3-10(4-6-11)21-15-14(16(24)25)22-12-7-2-9(17(18,19)20)8-13(12)23-15/h2-8H,1H3,(H,21,23)(H,24,25). The molecule has 1 heterocycles. The number of carboxylic acid groups (broad SMARTS) is 1. The number of halogens is 3. The molecule has 2 N–H and O–H groups in total. The predicted molar refractivity (Wildman–Crippen MR) is 87.8 cm³/mol. The average molecular weight is 363 g/mol. The summed E-state index contributed by atoms with van der Waals surface area (Å²) in [5.74, 6) is -0.918. The van der Waals surface area contributed by atoms with Crippen molar-refractivity contribution >= 4 is 28.5 Å². The highest BCUT2D eigenvalue weighted by atomic mass is 19.4. The number of hydrogen-bond donors (Lipinski definition) is 2. The second-order valence-corrected chi connectivity index (χ2v) is 5.28. The van der Waals surface area contributed by atoms with Gasteiger partial charge in [-0.3, -0.25) is 0 Å². The molecule has 3 rings (SSSR count). The Hall–Kier alpha value is -3.36. The molecule has 26 heavy (non-hydrogen) atoms. The molecular formula is C17H12F3N3O3. The maximum atomic E-state index is 12.9. The molecule has 3 aromatic rings. The van der Waals surface area contributed by atoms with Crippen LogP contribution in [0.25, 0.3) is 11.0 Å². The van der Waals surface area contributed by atoms with Crippen LogP contribution in [0.3, 0.4) is 0 Å². The Morgan fingerprint density at radius 2 is 1.77 bits per heavy atom. The van der Waals surface area contributed by atoms with Gasteiger partial charge in [0.1, 0.15) is 5.75 Å². The number of ether oxygens (including phenoxy) is 1. The first-order valence-corrected chi connectivity index (χ1v) is 7.31. The van der Waals surface area contributed by atoms with Crippen molar-refractivity contribution < 1.29 is 27.8 Å². The van der Waals surface area contributed by atoms with Crippen LogP contribution in [-0.2, 0) is 6.18 Å². The van der Waals surface area contributed by atoms with Gasteiger partial charge in [-0.2, -0.15) is 13.2 Å². The Morgan fingerprint density at radius 3 is 2.35 bits per heavy atom. The van der Waals surface area contributed by atoms with Crippen LogP contribution < -0.4 is 10.1 Å². The van der Waals surface area contributed by atoms with Gasteiger partial charge in [-0.1, -0.05) is 0 Å². The SMILES string of the molecule is COc1ccc(Nc2nc3cc(C(F)(F)F)ccc3nc2C(=O)O)cc1. The van der Waals surface area contributed by atoms with Crippen molar-refractivity contribution in [3.8, 4) is 5.75 Å². The lowest BCUT2D eigenvalue weighted by Gasteiger charge is -2.11. The van der Waals surface area contributed by atoms with Gasteiger partial charge in [-0.25, -0.2) is 14.8 Å². The molecule has 0 fully saturated rings. The molecule has 2 aromatic carbocycles. The first kappa shape index (κ1) is 17.5. The molecule has 134 valence electrons. The van der Waals surface area contributed by atoms with E-state index in [0.29, 0.717) is 11.4 Å². The third kappa shape index (κ3) is 3.51. The number of carbonyl (C=O) groups is 1. The Morgan fingerprint density at radius 1 is 1.08 bits per heavy atom. The number of aromatic carboxylic acids is 1. The number of benzene rings is 2. The highest BCUT2D eigenvalue weighted by Crippen LogP contribution is 2.31. The number of hydrogen-bond acceptors (Lipinski definition) is 5. The van der Waals surface area contributed by atoms with E-state index in [9.17, 15) is 23.1 Å². The van der Waals surface area contributed by atoms with Crippen LogP contribution >= 0.6 is 0 Å². The molecule has 0 atom stereocenters. The second kappa shape index (κ2) is 6.51. The van der Waals surface area contributed by atoms with Crippen LogP contribution in [0, 0.1) is 0 Å². The maximum Gasteiger partial charge on any atom is 0.416 e. The van der Waals surface area contributed by atoms with Crippen molar-refractivity contribution in [2.45, 2.75) is 6.18 Å². The van der Waals surface area contributed by atoms with E-state index in [0.717, 1.165) is 18.2 Å². The zero-order valence-electron chi connectivity index (χ0n) is 13.3. The fourth-order valence-corrected chi connectivity index (χ4v) is 2.28. The molecule has 0 aliphatic carbocycles.